The fraction of sp³-hybridized carbons (Fsp3) is 0.500. The Hall–Kier alpha value is -0.870. The Bertz CT molecular complexity index is 422. The van der Waals surface area contributed by atoms with E-state index in [-0.39, 0.29) is 5.91 Å². The predicted molar refractivity (Wildman–Crippen MR) is 76.7 cm³/mol. The molecule has 1 aliphatic heterocycles. The zero-order valence-electron chi connectivity index (χ0n) is 10.7. The summed E-state index contributed by atoms with van der Waals surface area (Å²) in [4.78, 5) is 14.3. The van der Waals surface area contributed by atoms with Gasteiger partial charge in [-0.25, -0.2) is 0 Å². The first kappa shape index (κ1) is 13.6. The maximum absolute atomic E-state index is 12.3. The monoisotopic (exact) mass is 310 g/mol. The second-order valence-corrected chi connectivity index (χ2v) is 5.72. The van der Waals surface area contributed by atoms with Crippen LogP contribution in [0, 0.1) is 5.92 Å². The lowest BCUT2D eigenvalue weighted by molar-refractivity contribution is 0.0786. The zero-order chi connectivity index (χ0) is 13.0. The molecule has 1 amide bonds. The normalized spacial score (nSPS) is 19.2. The highest BCUT2D eigenvalue weighted by molar-refractivity contribution is 9.10. The lowest BCUT2D eigenvalue weighted by Crippen LogP contribution is -2.29. The van der Waals surface area contributed by atoms with Crippen molar-refractivity contribution in [1.82, 2.24) is 10.2 Å². The number of carbonyl (C=O) groups excluding carboxylic acids is 1. The number of hydrogen-bond donors (Lipinski definition) is 1. The molecule has 1 N–H and O–H groups in total. The molecule has 0 radical (unpaired) electrons. The van der Waals surface area contributed by atoms with Crippen molar-refractivity contribution in [2.75, 3.05) is 26.7 Å². The molecule has 1 unspecified atom stereocenters. The van der Waals surface area contributed by atoms with Crippen LogP contribution >= 0.6 is 15.9 Å². The van der Waals surface area contributed by atoms with E-state index in [4.69, 9.17) is 0 Å². The third-order valence-corrected chi connectivity index (χ3v) is 3.94. The van der Waals surface area contributed by atoms with Gasteiger partial charge in [0.2, 0.25) is 0 Å². The molecule has 3 nitrogen and oxygen atoms in total. The van der Waals surface area contributed by atoms with Gasteiger partial charge in [0.15, 0.2) is 0 Å². The number of benzene rings is 1. The summed E-state index contributed by atoms with van der Waals surface area (Å²) >= 11 is 3.41. The summed E-state index contributed by atoms with van der Waals surface area (Å²) < 4.78 is 0.958. The molecule has 1 aromatic rings. The molecule has 1 aromatic carbocycles. The van der Waals surface area contributed by atoms with Gasteiger partial charge in [-0.05, 0) is 50.6 Å². The van der Waals surface area contributed by atoms with E-state index >= 15 is 0 Å². The number of amides is 1. The maximum Gasteiger partial charge on any atom is 0.253 e. The van der Waals surface area contributed by atoms with Gasteiger partial charge in [-0.3, -0.25) is 4.79 Å². The van der Waals surface area contributed by atoms with E-state index in [1.165, 1.54) is 0 Å². The Morgan fingerprint density at radius 2 is 2.39 bits per heavy atom. The van der Waals surface area contributed by atoms with Gasteiger partial charge >= 0.3 is 0 Å². The van der Waals surface area contributed by atoms with Crippen LogP contribution < -0.4 is 5.32 Å². The number of nitrogens with zero attached hydrogens (tertiary/aromatic N) is 1. The average Bonchev–Trinajstić information content (AvgIpc) is 2.84. The van der Waals surface area contributed by atoms with Gasteiger partial charge in [0.25, 0.3) is 5.91 Å². The largest absolute Gasteiger partial charge is 0.338 e. The van der Waals surface area contributed by atoms with E-state index < -0.39 is 0 Å². The molecular formula is C14H19BrN2O. The molecule has 1 saturated heterocycles. The molecule has 0 aromatic heterocycles. The van der Waals surface area contributed by atoms with Crippen molar-refractivity contribution < 1.29 is 4.79 Å². The molecule has 2 rings (SSSR count). The van der Waals surface area contributed by atoms with Gasteiger partial charge in [-0.2, -0.15) is 0 Å². The minimum atomic E-state index is 0.156. The Labute approximate surface area is 117 Å². The molecule has 0 saturated carbocycles. The molecule has 98 valence electrons. The summed E-state index contributed by atoms with van der Waals surface area (Å²) in [5.41, 5.74) is 0.777. The van der Waals surface area contributed by atoms with Crippen LogP contribution in [0.4, 0.5) is 0 Å². The Morgan fingerprint density at radius 1 is 1.56 bits per heavy atom. The molecule has 0 aliphatic carbocycles. The standard InChI is InChI=1S/C14H19BrN2O/c1-16-7-5-11-6-8-17(10-11)14(18)12-3-2-4-13(15)9-12/h2-4,9,11,16H,5-8,10H2,1H3. The third kappa shape index (κ3) is 3.33. The highest BCUT2D eigenvalue weighted by Crippen LogP contribution is 2.22. The van der Waals surface area contributed by atoms with Gasteiger partial charge in [0.1, 0.15) is 0 Å². The number of rotatable bonds is 4. The second-order valence-electron chi connectivity index (χ2n) is 4.81. The molecular weight excluding hydrogens is 292 g/mol. The Kier molecular flexibility index (Phi) is 4.78. The number of halogens is 1. The summed E-state index contributed by atoms with van der Waals surface area (Å²) in [5.74, 6) is 0.803. The lowest BCUT2D eigenvalue weighted by atomic mass is 10.1. The lowest BCUT2D eigenvalue weighted by Gasteiger charge is -2.16. The van der Waals surface area contributed by atoms with Crippen LogP contribution in [-0.2, 0) is 0 Å². The number of nitrogens with one attached hydrogen (secondary N) is 1. The van der Waals surface area contributed by atoms with E-state index in [1.807, 2.05) is 36.2 Å². The zero-order valence-corrected chi connectivity index (χ0v) is 12.2. The maximum atomic E-state index is 12.3. The van der Waals surface area contributed by atoms with Gasteiger partial charge in [-0.15, -0.1) is 0 Å². The van der Waals surface area contributed by atoms with Crippen LogP contribution in [0.2, 0.25) is 0 Å². The van der Waals surface area contributed by atoms with Crippen LogP contribution in [0.15, 0.2) is 28.7 Å². The van der Waals surface area contributed by atoms with Crippen molar-refractivity contribution in [3.05, 3.63) is 34.3 Å². The van der Waals surface area contributed by atoms with Crippen LogP contribution in [0.1, 0.15) is 23.2 Å². The summed E-state index contributed by atoms with van der Waals surface area (Å²) in [6.45, 7) is 2.82. The van der Waals surface area contributed by atoms with E-state index in [2.05, 4.69) is 21.2 Å². The van der Waals surface area contributed by atoms with Crippen molar-refractivity contribution in [2.24, 2.45) is 5.92 Å². The first-order valence-electron chi connectivity index (χ1n) is 6.40. The van der Waals surface area contributed by atoms with Gasteiger partial charge in [0, 0.05) is 23.1 Å². The minimum Gasteiger partial charge on any atom is -0.338 e. The third-order valence-electron chi connectivity index (χ3n) is 3.45. The molecule has 1 fully saturated rings. The topological polar surface area (TPSA) is 32.3 Å². The van der Waals surface area contributed by atoms with Crippen LogP contribution in [0.3, 0.4) is 0 Å². The minimum absolute atomic E-state index is 0.156. The van der Waals surface area contributed by atoms with Gasteiger partial charge < -0.3 is 10.2 Å². The summed E-state index contributed by atoms with van der Waals surface area (Å²) in [6.07, 6.45) is 2.28. The fourth-order valence-corrected chi connectivity index (χ4v) is 2.80. The second kappa shape index (κ2) is 6.34. The van der Waals surface area contributed by atoms with Crippen molar-refractivity contribution in [3.63, 3.8) is 0 Å². The molecule has 0 bridgehead atoms. The van der Waals surface area contributed by atoms with Gasteiger partial charge in [-0.1, -0.05) is 22.0 Å². The fourth-order valence-electron chi connectivity index (χ4n) is 2.41. The summed E-state index contributed by atoms with van der Waals surface area (Å²) in [6, 6.07) is 7.62. The van der Waals surface area contributed by atoms with Gasteiger partial charge in [0.05, 0.1) is 0 Å². The molecule has 1 atom stereocenters. The molecule has 1 aliphatic rings. The smallest absolute Gasteiger partial charge is 0.253 e. The highest BCUT2D eigenvalue weighted by atomic mass is 79.9. The number of hydrogen-bond acceptors (Lipinski definition) is 2. The highest BCUT2D eigenvalue weighted by Gasteiger charge is 2.26. The predicted octanol–water partition coefficient (Wildman–Crippen LogP) is 2.52. The molecule has 0 spiro atoms. The average molecular weight is 311 g/mol. The molecule has 18 heavy (non-hydrogen) atoms. The van der Waals surface area contributed by atoms with E-state index in [1.54, 1.807) is 0 Å². The van der Waals surface area contributed by atoms with E-state index in [0.29, 0.717) is 5.92 Å². The van der Waals surface area contributed by atoms with Crippen molar-refractivity contribution in [2.45, 2.75) is 12.8 Å². The van der Waals surface area contributed by atoms with E-state index in [0.717, 1.165) is 42.5 Å². The van der Waals surface area contributed by atoms with Crippen molar-refractivity contribution >= 4 is 21.8 Å². The van der Waals surface area contributed by atoms with Crippen LogP contribution in [0.5, 0.6) is 0 Å². The number of likely N-dealkylation sites (tertiary alicyclic amines) is 1. The Morgan fingerprint density at radius 3 is 3.11 bits per heavy atom. The summed E-state index contributed by atoms with van der Waals surface area (Å²) in [5, 5.41) is 3.17. The van der Waals surface area contributed by atoms with Crippen LogP contribution in [0.25, 0.3) is 0 Å². The van der Waals surface area contributed by atoms with Crippen LogP contribution in [-0.4, -0.2) is 37.5 Å². The molecule has 1 heterocycles. The quantitative estimate of drug-likeness (QED) is 0.927. The number of carbonyl (C=O) groups is 1. The van der Waals surface area contributed by atoms with E-state index in [9.17, 15) is 4.79 Å². The first-order valence-corrected chi connectivity index (χ1v) is 7.19. The SMILES string of the molecule is CNCCC1CCN(C(=O)c2cccc(Br)c2)C1. The Balaban J connectivity index is 1.95. The van der Waals surface area contributed by atoms with Crippen molar-refractivity contribution in [1.29, 1.82) is 0 Å². The molecule has 4 heteroatoms. The first-order chi connectivity index (χ1) is 8.70. The summed E-state index contributed by atoms with van der Waals surface area (Å²) in [7, 11) is 1.97. The van der Waals surface area contributed by atoms with Crippen molar-refractivity contribution in [3.8, 4) is 0 Å².